The van der Waals surface area contributed by atoms with Crippen molar-refractivity contribution in [1.82, 2.24) is 15.5 Å². The Morgan fingerprint density at radius 3 is 2.50 bits per heavy atom. The maximum Gasteiger partial charge on any atom is 0.252 e. The lowest BCUT2D eigenvalue weighted by Crippen LogP contribution is -2.44. The molecule has 0 atom stereocenters. The van der Waals surface area contributed by atoms with Crippen molar-refractivity contribution >= 4 is 17.5 Å². The van der Waals surface area contributed by atoms with Crippen molar-refractivity contribution in [3.63, 3.8) is 0 Å². The van der Waals surface area contributed by atoms with Crippen LogP contribution in [0.5, 0.6) is 0 Å². The van der Waals surface area contributed by atoms with Crippen LogP contribution < -0.4 is 10.2 Å². The van der Waals surface area contributed by atoms with Gasteiger partial charge in [-0.1, -0.05) is 18.0 Å². The largest absolute Gasteiger partial charge is 0.340 e. The summed E-state index contributed by atoms with van der Waals surface area (Å²) in [5.74, 6) is 1.04. The van der Waals surface area contributed by atoms with Gasteiger partial charge in [0.15, 0.2) is 5.82 Å². The third-order valence-corrected chi connectivity index (χ3v) is 5.28. The molecule has 0 unspecified atom stereocenters. The third-order valence-electron chi connectivity index (χ3n) is 5.28. The van der Waals surface area contributed by atoms with Gasteiger partial charge in [0.2, 0.25) is 11.8 Å². The van der Waals surface area contributed by atoms with E-state index in [2.05, 4.69) is 15.5 Å². The van der Waals surface area contributed by atoms with E-state index in [0.717, 1.165) is 44.3 Å². The summed E-state index contributed by atoms with van der Waals surface area (Å²) in [6.45, 7) is 2.49. The van der Waals surface area contributed by atoms with Gasteiger partial charge in [-0.2, -0.15) is 4.98 Å². The summed E-state index contributed by atoms with van der Waals surface area (Å²) in [7, 11) is 0. The summed E-state index contributed by atoms with van der Waals surface area (Å²) in [4.78, 5) is 30.8. The molecule has 0 spiro atoms. The van der Waals surface area contributed by atoms with Crippen LogP contribution >= 0.6 is 0 Å². The number of benzene rings is 1. The van der Waals surface area contributed by atoms with Crippen LogP contribution in [0.1, 0.15) is 60.6 Å². The van der Waals surface area contributed by atoms with Crippen LogP contribution in [0.15, 0.2) is 28.8 Å². The number of rotatable bonds is 4. The van der Waals surface area contributed by atoms with Crippen molar-refractivity contribution < 1.29 is 14.1 Å². The Morgan fingerprint density at radius 2 is 1.92 bits per heavy atom. The average molecular weight is 354 g/mol. The molecule has 2 heterocycles. The third kappa shape index (κ3) is 2.98. The normalized spacial score (nSPS) is 19.1. The second-order valence-electron chi connectivity index (χ2n) is 7.08. The van der Waals surface area contributed by atoms with Gasteiger partial charge in [0.1, 0.15) is 5.54 Å². The molecule has 0 radical (unpaired) electrons. The van der Waals surface area contributed by atoms with Gasteiger partial charge in [0.05, 0.1) is 0 Å². The standard InChI is InChI=1S/C19H22N4O3/c1-13-20-18(22-26-13)19(10-2-3-11-19)21-17(25)14-6-8-15(9-7-14)23-12-4-5-16(23)24/h6-9H,2-5,10-12H2,1H3,(H,21,25). The summed E-state index contributed by atoms with van der Waals surface area (Å²) in [6.07, 6.45) is 5.12. The Bertz CT molecular complexity index is 822. The van der Waals surface area contributed by atoms with Crippen molar-refractivity contribution in [3.05, 3.63) is 41.5 Å². The summed E-state index contributed by atoms with van der Waals surface area (Å²) < 4.78 is 5.12. The molecule has 1 N–H and O–H groups in total. The van der Waals surface area contributed by atoms with Crippen molar-refractivity contribution in [3.8, 4) is 0 Å². The van der Waals surface area contributed by atoms with E-state index in [1.807, 2.05) is 12.1 Å². The average Bonchev–Trinajstić information content (AvgIpc) is 3.37. The number of amides is 2. The van der Waals surface area contributed by atoms with Crippen molar-refractivity contribution in [2.75, 3.05) is 11.4 Å². The molecule has 1 saturated carbocycles. The van der Waals surface area contributed by atoms with Crippen LogP contribution in [0.2, 0.25) is 0 Å². The maximum atomic E-state index is 12.8. The van der Waals surface area contributed by atoms with Gasteiger partial charge in [0, 0.05) is 31.1 Å². The fourth-order valence-electron chi connectivity index (χ4n) is 3.88. The second-order valence-corrected chi connectivity index (χ2v) is 7.08. The summed E-state index contributed by atoms with van der Waals surface area (Å²) >= 11 is 0. The minimum absolute atomic E-state index is 0.139. The number of carbonyl (C=O) groups excluding carboxylic acids is 2. The van der Waals surface area contributed by atoms with Gasteiger partial charge in [-0.05, 0) is 43.5 Å². The van der Waals surface area contributed by atoms with Crippen molar-refractivity contribution in [2.45, 2.75) is 51.0 Å². The molecule has 2 aliphatic rings. The topological polar surface area (TPSA) is 88.3 Å². The highest BCUT2D eigenvalue weighted by atomic mass is 16.5. The predicted molar refractivity (Wildman–Crippen MR) is 94.7 cm³/mol. The molecule has 26 heavy (non-hydrogen) atoms. The Balaban J connectivity index is 1.52. The molecule has 1 aromatic carbocycles. The lowest BCUT2D eigenvalue weighted by atomic mass is 9.96. The smallest absolute Gasteiger partial charge is 0.252 e. The van der Waals surface area contributed by atoms with Crippen LogP contribution in [-0.2, 0) is 10.3 Å². The van der Waals surface area contributed by atoms with Crippen LogP contribution in [-0.4, -0.2) is 28.5 Å². The SMILES string of the molecule is Cc1nc(C2(NC(=O)c3ccc(N4CCCC4=O)cc3)CCCC2)no1. The van der Waals surface area contributed by atoms with E-state index in [1.54, 1.807) is 24.0 Å². The molecule has 2 amide bonds. The number of nitrogens with one attached hydrogen (secondary N) is 1. The molecule has 7 heteroatoms. The zero-order valence-corrected chi connectivity index (χ0v) is 14.8. The van der Waals surface area contributed by atoms with Crippen molar-refractivity contribution in [1.29, 1.82) is 0 Å². The zero-order valence-electron chi connectivity index (χ0n) is 14.8. The molecule has 1 aliphatic heterocycles. The number of hydrogen-bond donors (Lipinski definition) is 1. The van der Waals surface area contributed by atoms with Gasteiger partial charge in [-0.15, -0.1) is 0 Å². The summed E-state index contributed by atoms with van der Waals surface area (Å²) in [6, 6.07) is 7.19. The van der Waals surface area contributed by atoms with E-state index in [4.69, 9.17) is 4.52 Å². The Labute approximate surface area is 151 Å². The first-order valence-electron chi connectivity index (χ1n) is 9.11. The molecule has 1 saturated heterocycles. The molecule has 2 fully saturated rings. The van der Waals surface area contributed by atoms with Gasteiger partial charge in [-0.3, -0.25) is 9.59 Å². The van der Waals surface area contributed by atoms with E-state index in [-0.39, 0.29) is 11.8 Å². The first-order chi connectivity index (χ1) is 12.6. The number of anilines is 1. The zero-order chi connectivity index (χ0) is 18.1. The minimum Gasteiger partial charge on any atom is -0.340 e. The Morgan fingerprint density at radius 1 is 1.19 bits per heavy atom. The van der Waals surface area contributed by atoms with Crippen LogP contribution in [0.4, 0.5) is 5.69 Å². The monoisotopic (exact) mass is 354 g/mol. The number of carbonyl (C=O) groups is 2. The molecule has 0 bridgehead atoms. The summed E-state index contributed by atoms with van der Waals surface area (Å²) in [5, 5.41) is 7.18. The van der Waals surface area contributed by atoms with Gasteiger partial charge < -0.3 is 14.7 Å². The lowest BCUT2D eigenvalue weighted by molar-refractivity contribution is -0.117. The molecule has 2 aromatic rings. The van der Waals surface area contributed by atoms with Crippen LogP contribution in [0, 0.1) is 6.92 Å². The molecular formula is C19H22N4O3. The van der Waals surface area contributed by atoms with E-state index in [0.29, 0.717) is 23.7 Å². The number of hydrogen-bond acceptors (Lipinski definition) is 5. The maximum absolute atomic E-state index is 12.8. The Kier molecular flexibility index (Phi) is 4.22. The number of nitrogens with zero attached hydrogens (tertiary/aromatic N) is 3. The van der Waals surface area contributed by atoms with Crippen molar-refractivity contribution in [2.24, 2.45) is 0 Å². The molecular weight excluding hydrogens is 332 g/mol. The fraction of sp³-hybridized carbons (Fsp3) is 0.474. The van der Waals surface area contributed by atoms with Gasteiger partial charge in [0.25, 0.3) is 5.91 Å². The highest BCUT2D eigenvalue weighted by Gasteiger charge is 2.41. The second kappa shape index (κ2) is 6.55. The van der Waals surface area contributed by atoms with Gasteiger partial charge in [-0.25, -0.2) is 0 Å². The highest BCUT2D eigenvalue weighted by molar-refractivity contribution is 5.97. The highest BCUT2D eigenvalue weighted by Crippen LogP contribution is 2.37. The van der Waals surface area contributed by atoms with Crippen LogP contribution in [0.25, 0.3) is 0 Å². The molecule has 1 aromatic heterocycles. The first kappa shape index (κ1) is 16.8. The lowest BCUT2D eigenvalue weighted by Gasteiger charge is -2.27. The molecule has 4 rings (SSSR count). The van der Waals surface area contributed by atoms with E-state index >= 15 is 0 Å². The summed E-state index contributed by atoms with van der Waals surface area (Å²) in [5.41, 5.74) is 0.846. The number of aryl methyl sites for hydroxylation is 1. The minimum atomic E-state index is -0.557. The van der Waals surface area contributed by atoms with Gasteiger partial charge >= 0.3 is 0 Å². The fourth-order valence-corrected chi connectivity index (χ4v) is 3.88. The predicted octanol–water partition coefficient (Wildman–Crippen LogP) is 2.70. The van der Waals surface area contributed by atoms with Crippen LogP contribution in [0.3, 0.4) is 0 Å². The number of aromatic nitrogens is 2. The van der Waals surface area contributed by atoms with E-state index in [1.165, 1.54) is 0 Å². The Hall–Kier alpha value is -2.70. The van der Waals surface area contributed by atoms with E-state index in [9.17, 15) is 9.59 Å². The first-order valence-corrected chi connectivity index (χ1v) is 9.11. The van der Waals surface area contributed by atoms with E-state index < -0.39 is 5.54 Å². The molecule has 136 valence electrons. The molecule has 7 nitrogen and oxygen atoms in total. The quantitative estimate of drug-likeness (QED) is 0.912. The molecule has 1 aliphatic carbocycles.